The molecule has 2 N–H and O–H groups in total. The normalized spacial score (nSPS) is 10.4. The summed E-state index contributed by atoms with van der Waals surface area (Å²) in [6.07, 6.45) is 1.28. The Morgan fingerprint density at radius 2 is 2.14 bits per heavy atom. The van der Waals surface area contributed by atoms with Crippen molar-refractivity contribution >= 4 is 29.1 Å². The van der Waals surface area contributed by atoms with Crippen molar-refractivity contribution in [2.45, 2.75) is 13.5 Å². The molecule has 28 heavy (non-hydrogen) atoms. The summed E-state index contributed by atoms with van der Waals surface area (Å²) in [5, 5.41) is 11.7. The zero-order chi connectivity index (χ0) is 20.3. The second-order valence-corrected chi connectivity index (χ2v) is 6.63. The number of halogens is 3. The van der Waals surface area contributed by atoms with Gasteiger partial charge in [0.15, 0.2) is 17.3 Å². The number of ether oxygens (including phenoxy) is 1. The number of nitriles is 1. The Balaban J connectivity index is 1.82. The zero-order valence-electron chi connectivity index (χ0n) is 14.5. The number of benzene rings is 2. The number of carbonyl (C=O) groups is 1. The summed E-state index contributed by atoms with van der Waals surface area (Å²) < 4.78 is 20.5. The lowest BCUT2D eigenvalue weighted by atomic mass is 10.1. The predicted molar refractivity (Wildman–Crippen MR) is 102 cm³/mol. The molecule has 0 radical (unpaired) electrons. The second kappa shape index (κ2) is 8.30. The van der Waals surface area contributed by atoms with Crippen LogP contribution in [0.25, 0.3) is 0 Å². The number of imidazole rings is 1. The topological polar surface area (TPSA) is 90.8 Å². The molecule has 9 heteroatoms. The lowest BCUT2D eigenvalue weighted by Crippen LogP contribution is -2.24. The van der Waals surface area contributed by atoms with E-state index in [9.17, 15) is 9.18 Å². The van der Waals surface area contributed by atoms with Gasteiger partial charge in [-0.05, 0) is 36.8 Å². The molecule has 2 aromatic carbocycles. The first kappa shape index (κ1) is 19.7. The van der Waals surface area contributed by atoms with E-state index in [-0.39, 0.29) is 39.5 Å². The number of rotatable bonds is 5. The number of nitrogens with zero attached hydrogens (tertiary/aromatic N) is 2. The minimum atomic E-state index is -0.721. The smallest absolute Gasteiger partial charge is 0.273 e. The molecule has 1 amide bonds. The van der Waals surface area contributed by atoms with Crippen LogP contribution < -0.4 is 10.1 Å². The summed E-state index contributed by atoms with van der Waals surface area (Å²) >= 11 is 11.9. The Morgan fingerprint density at radius 3 is 2.82 bits per heavy atom. The van der Waals surface area contributed by atoms with Crippen LogP contribution >= 0.6 is 23.2 Å². The van der Waals surface area contributed by atoms with E-state index >= 15 is 0 Å². The summed E-state index contributed by atoms with van der Waals surface area (Å²) in [7, 11) is 0. The third-order valence-corrected chi connectivity index (χ3v) is 4.36. The molecule has 3 rings (SSSR count). The van der Waals surface area contributed by atoms with Crippen molar-refractivity contribution in [1.82, 2.24) is 15.3 Å². The van der Waals surface area contributed by atoms with E-state index in [2.05, 4.69) is 15.3 Å². The van der Waals surface area contributed by atoms with Crippen molar-refractivity contribution < 1.29 is 13.9 Å². The van der Waals surface area contributed by atoms with Crippen molar-refractivity contribution in [1.29, 1.82) is 5.26 Å². The molecule has 0 bridgehead atoms. The summed E-state index contributed by atoms with van der Waals surface area (Å²) in [6, 6.07) is 9.73. The van der Waals surface area contributed by atoms with Crippen molar-refractivity contribution in [3.63, 3.8) is 0 Å². The zero-order valence-corrected chi connectivity index (χ0v) is 16.0. The van der Waals surface area contributed by atoms with Gasteiger partial charge in [-0.1, -0.05) is 29.3 Å². The SMILES string of the molecule is Cc1cc(C#N)cc(Oc2c(Cl)ccc(CNC(=O)c3nc[nH]c3Cl)c2F)c1. The number of H-pyrrole nitrogens is 1. The molecule has 0 aliphatic rings. The predicted octanol–water partition coefficient (Wildman–Crippen LogP) is 4.76. The first-order valence-corrected chi connectivity index (χ1v) is 8.78. The van der Waals surface area contributed by atoms with Gasteiger partial charge in [-0.3, -0.25) is 4.79 Å². The molecule has 1 aromatic heterocycles. The monoisotopic (exact) mass is 418 g/mol. The van der Waals surface area contributed by atoms with Crippen LogP contribution in [0.1, 0.15) is 27.2 Å². The van der Waals surface area contributed by atoms with Crippen molar-refractivity contribution in [2.24, 2.45) is 0 Å². The Morgan fingerprint density at radius 1 is 1.36 bits per heavy atom. The Kier molecular flexibility index (Phi) is 5.83. The van der Waals surface area contributed by atoms with Crippen LogP contribution in [0.4, 0.5) is 4.39 Å². The molecular formula is C19H13Cl2FN4O2. The number of nitrogens with one attached hydrogen (secondary N) is 2. The lowest BCUT2D eigenvalue weighted by Gasteiger charge is -2.13. The number of aromatic nitrogens is 2. The quantitative estimate of drug-likeness (QED) is 0.624. The molecule has 3 aromatic rings. The van der Waals surface area contributed by atoms with Crippen LogP contribution in [0.15, 0.2) is 36.7 Å². The summed E-state index contributed by atoms with van der Waals surface area (Å²) in [4.78, 5) is 18.4. The fraction of sp³-hybridized carbons (Fsp3) is 0.105. The number of aryl methyl sites for hydroxylation is 1. The van der Waals surface area contributed by atoms with Crippen molar-refractivity contribution in [3.8, 4) is 17.6 Å². The van der Waals surface area contributed by atoms with Gasteiger partial charge < -0.3 is 15.0 Å². The average molecular weight is 419 g/mol. The first-order chi connectivity index (χ1) is 13.4. The molecule has 1 heterocycles. The fourth-order valence-corrected chi connectivity index (χ4v) is 2.86. The highest BCUT2D eigenvalue weighted by molar-refractivity contribution is 6.32. The van der Waals surface area contributed by atoms with Crippen LogP contribution in [0.2, 0.25) is 10.2 Å². The van der Waals surface area contributed by atoms with E-state index < -0.39 is 11.7 Å². The van der Waals surface area contributed by atoms with Gasteiger partial charge in [0.25, 0.3) is 5.91 Å². The fourth-order valence-electron chi connectivity index (χ4n) is 2.49. The van der Waals surface area contributed by atoms with Crippen LogP contribution in [-0.2, 0) is 6.54 Å². The van der Waals surface area contributed by atoms with Crippen molar-refractivity contribution in [3.05, 3.63) is 75.0 Å². The highest BCUT2D eigenvalue weighted by atomic mass is 35.5. The molecule has 0 unspecified atom stereocenters. The highest BCUT2D eigenvalue weighted by Crippen LogP contribution is 2.34. The Hall–Kier alpha value is -3.08. The van der Waals surface area contributed by atoms with E-state index in [0.29, 0.717) is 5.56 Å². The van der Waals surface area contributed by atoms with Crippen LogP contribution in [0, 0.1) is 24.1 Å². The van der Waals surface area contributed by atoms with Gasteiger partial charge in [0.1, 0.15) is 10.9 Å². The maximum absolute atomic E-state index is 14.9. The van der Waals surface area contributed by atoms with E-state index in [0.717, 1.165) is 5.56 Å². The molecule has 142 valence electrons. The molecule has 0 spiro atoms. The molecule has 0 atom stereocenters. The largest absolute Gasteiger partial charge is 0.453 e. The third kappa shape index (κ3) is 4.25. The first-order valence-electron chi connectivity index (χ1n) is 8.02. The molecule has 0 aliphatic heterocycles. The Bertz CT molecular complexity index is 1090. The second-order valence-electron chi connectivity index (χ2n) is 5.85. The van der Waals surface area contributed by atoms with Gasteiger partial charge in [-0.15, -0.1) is 0 Å². The van der Waals surface area contributed by atoms with Gasteiger partial charge in [0.05, 0.1) is 23.0 Å². The molecule has 0 saturated heterocycles. The lowest BCUT2D eigenvalue weighted by molar-refractivity contribution is 0.0946. The van der Waals surface area contributed by atoms with E-state index in [1.54, 1.807) is 19.1 Å². The van der Waals surface area contributed by atoms with Gasteiger partial charge >= 0.3 is 0 Å². The minimum Gasteiger partial charge on any atom is -0.453 e. The number of hydrogen-bond acceptors (Lipinski definition) is 4. The number of carbonyl (C=O) groups excluding carboxylic acids is 1. The van der Waals surface area contributed by atoms with Crippen LogP contribution in [0.5, 0.6) is 11.5 Å². The number of hydrogen-bond donors (Lipinski definition) is 2. The summed E-state index contributed by atoms with van der Waals surface area (Å²) in [5.74, 6) is -1.19. The highest BCUT2D eigenvalue weighted by Gasteiger charge is 2.18. The third-order valence-electron chi connectivity index (χ3n) is 3.78. The van der Waals surface area contributed by atoms with Crippen molar-refractivity contribution in [2.75, 3.05) is 0 Å². The van der Waals surface area contributed by atoms with Crippen LogP contribution in [0.3, 0.4) is 0 Å². The summed E-state index contributed by atoms with van der Waals surface area (Å²) in [6.45, 7) is 1.66. The maximum Gasteiger partial charge on any atom is 0.273 e. The molecule has 0 saturated carbocycles. The average Bonchev–Trinajstić information content (AvgIpc) is 3.09. The van der Waals surface area contributed by atoms with E-state index in [4.69, 9.17) is 33.2 Å². The van der Waals surface area contributed by atoms with E-state index in [1.807, 2.05) is 6.07 Å². The van der Waals surface area contributed by atoms with Crippen LogP contribution in [-0.4, -0.2) is 15.9 Å². The molecule has 6 nitrogen and oxygen atoms in total. The molecular weight excluding hydrogens is 406 g/mol. The standard InChI is InChI=1S/C19H13Cl2FN4O2/c1-10-4-11(7-23)6-13(5-10)28-17-14(20)3-2-12(15(17)22)8-24-19(27)16-18(21)26-9-25-16/h2-6,9H,8H2,1H3,(H,24,27)(H,25,26). The minimum absolute atomic E-state index is 0.0105. The van der Waals surface area contributed by atoms with Gasteiger partial charge in [0.2, 0.25) is 0 Å². The maximum atomic E-state index is 14.9. The number of aromatic amines is 1. The molecule has 0 aliphatic carbocycles. The Labute approximate surface area is 169 Å². The van der Waals surface area contributed by atoms with Gasteiger partial charge in [-0.25, -0.2) is 9.37 Å². The molecule has 0 fully saturated rings. The number of amides is 1. The summed E-state index contributed by atoms with van der Waals surface area (Å²) in [5.41, 5.74) is 1.33. The van der Waals surface area contributed by atoms with Gasteiger partial charge in [-0.2, -0.15) is 5.26 Å². The van der Waals surface area contributed by atoms with Gasteiger partial charge in [0, 0.05) is 12.1 Å². The van der Waals surface area contributed by atoms with E-state index in [1.165, 1.54) is 24.5 Å².